The van der Waals surface area contributed by atoms with E-state index in [9.17, 15) is 14.7 Å². The number of carboxylic acid groups (broad SMARTS) is 1. The van der Waals surface area contributed by atoms with Gasteiger partial charge in [0.15, 0.2) is 0 Å². The minimum atomic E-state index is -0.954. The molecule has 1 atom stereocenters. The molecule has 7 heteroatoms. The lowest BCUT2D eigenvalue weighted by molar-refractivity contribution is 0.0468. The molecule has 7 nitrogen and oxygen atoms in total. The van der Waals surface area contributed by atoms with E-state index in [0.717, 1.165) is 25.9 Å². The third kappa shape index (κ3) is 7.09. The van der Waals surface area contributed by atoms with Crippen molar-refractivity contribution in [2.75, 3.05) is 26.2 Å². The highest BCUT2D eigenvalue weighted by atomic mass is 16.6. The highest BCUT2D eigenvalue weighted by Gasteiger charge is 2.24. The number of nitrogens with one attached hydrogen (secondary N) is 1. The Bertz CT molecular complexity index is 669. The maximum absolute atomic E-state index is 11.9. The van der Waals surface area contributed by atoms with Crippen LogP contribution in [0.3, 0.4) is 0 Å². The molecule has 1 fully saturated rings. The van der Waals surface area contributed by atoms with E-state index >= 15 is 0 Å². The largest absolute Gasteiger partial charge is 0.492 e. The van der Waals surface area contributed by atoms with Crippen molar-refractivity contribution < 1.29 is 24.2 Å². The number of carboxylic acids is 1. The Labute approximate surface area is 160 Å². The maximum Gasteiger partial charge on any atom is 0.407 e. The zero-order valence-electron chi connectivity index (χ0n) is 16.6. The number of rotatable bonds is 6. The smallest absolute Gasteiger partial charge is 0.407 e. The molecular weight excluding hydrogens is 348 g/mol. The average Bonchev–Trinajstić information content (AvgIpc) is 2.54. The summed E-state index contributed by atoms with van der Waals surface area (Å²) in [4.78, 5) is 25.4. The molecule has 1 amide bonds. The Balaban J connectivity index is 1.78. The lowest BCUT2D eigenvalue weighted by atomic mass is 10.1. The van der Waals surface area contributed by atoms with Gasteiger partial charge in [0.2, 0.25) is 0 Å². The van der Waals surface area contributed by atoms with Crippen molar-refractivity contribution in [3.05, 3.63) is 29.3 Å². The van der Waals surface area contributed by atoms with E-state index in [4.69, 9.17) is 9.47 Å². The Kier molecular flexibility index (Phi) is 7.07. The summed E-state index contributed by atoms with van der Waals surface area (Å²) in [5.74, 6) is -0.400. The van der Waals surface area contributed by atoms with Crippen molar-refractivity contribution in [1.82, 2.24) is 10.2 Å². The molecule has 1 aromatic carbocycles. The van der Waals surface area contributed by atoms with Gasteiger partial charge in [-0.25, -0.2) is 9.59 Å². The third-order valence-corrected chi connectivity index (χ3v) is 4.34. The van der Waals surface area contributed by atoms with E-state index in [0.29, 0.717) is 24.5 Å². The van der Waals surface area contributed by atoms with E-state index < -0.39 is 11.6 Å². The van der Waals surface area contributed by atoms with Crippen LogP contribution in [0.2, 0.25) is 0 Å². The van der Waals surface area contributed by atoms with Gasteiger partial charge in [-0.3, -0.25) is 4.90 Å². The molecule has 0 aromatic heterocycles. The summed E-state index contributed by atoms with van der Waals surface area (Å²) in [6.07, 6.45) is 1.54. The average molecular weight is 378 g/mol. The van der Waals surface area contributed by atoms with Crippen molar-refractivity contribution >= 4 is 12.1 Å². The molecule has 0 bridgehead atoms. The van der Waals surface area contributed by atoms with Crippen molar-refractivity contribution in [2.45, 2.75) is 52.2 Å². The van der Waals surface area contributed by atoms with E-state index in [-0.39, 0.29) is 17.7 Å². The minimum Gasteiger partial charge on any atom is -0.492 e. The number of carbonyl (C=O) groups is 2. The molecule has 2 rings (SSSR count). The molecule has 0 aliphatic carbocycles. The fourth-order valence-corrected chi connectivity index (χ4v) is 3.06. The number of benzene rings is 1. The number of ether oxygens (including phenoxy) is 2. The standard InChI is InChI=1S/C20H30N2O5/c1-14-7-8-16(12-17(14)18(23)24)26-11-10-22-9-5-6-15(13-22)21-19(25)27-20(2,3)4/h7-8,12,15H,5-6,9-11,13H2,1-4H3,(H,21,25)(H,23,24). The molecule has 0 spiro atoms. The summed E-state index contributed by atoms with van der Waals surface area (Å²) >= 11 is 0. The first-order chi connectivity index (χ1) is 12.6. The molecule has 1 unspecified atom stereocenters. The summed E-state index contributed by atoms with van der Waals surface area (Å²) in [5, 5.41) is 12.1. The van der Waals surface area contributed by atoms with Crippen LogP contribution in [0.25, 0.3) is 0 Å². The molecule has 0 radical (unpaired) electrons. The second kappa shape index (κ2) is 9.08. The number of amides is 1. The van der Waals surface area contributed by atoms with Gasteiger partial charge in [-0.2, -0.15) is 0 Å². The first-order valence-corrected chi connectivity index (χ1v) is 9.32. The van der Waals surface area contributed by atoms with Gasteiger partial charge in [0.1, 0.15) is 18.0 Å². The van der Waals surface area contributed by atoms with E-state index in [1.807, 2.05) is 20.8 Å². The normalized spacial score (nSPS) is 18.0. The molecule has 1 aromatic rings. The molecule has 2 N–H and O–H groups in total. The van der Waals surface area contributed by atoms with Crippen molar-refractivity contribution in [1.29, 1.82) is 0 Å². The minimum absolute atomic E-state index is 0.0617. The van der Waals surface area contributed by atoms with Gasteiger partial charge in [-0.15, -0.1) is 0 Å². The van der Waals surface area contributed by atoms with Crippen LogP contribution in [-0.2, 0) is 4.74 Å². The summed E-state index contributed by atoms with van der Waals surface area (Å²) in [7, 11) is 0. The number of aryl methyl sites for hydroxylation is 1. The SMILES string of the molecule is Cc1ccc(OCCN2CCCC(NC(=O)OC(C)(C)C)C2)cc1C(=O)O. The van der Waals surface area contributed by atoms with Crippen molar-refractivity contribution in [2.24, 2.45) is 0 Å². The van der Waals surface area contributed by atoms with Crippen LogP contribution < -0.4 is 10.1 Å². The van der Waals surface area contributed by atoms with Crippen molar-refractivity contribution in [3.8, 4) is 5.75 Å². The van der Waals surface area contributed by atoms with E-state index in [1.54, 1.807) is 25.1 Å². The monoisotopic (exact) mass is 378 g/mol. The Morgan fingerprint density at radius 3 is 2.74 bits per heavy atom. The molecule has 150 valence electrons. The number of piperidine rings is 1. The Hall–Kier alpha value is -2.28. The molecular formula is C20H30N2O5. The van der Waals surface area contributed by atoms with Gasteiger partial charge in [0, 0.05) is 19.1 Å². The quantitative estimate of drug-likeness (QED) is 0.791. The molecule has 1 saturated heterocycles. The molecule has 0 saturated carbocycles. The fourth-order valence-electron chi connectivity index (χ4n) is 3.06. The van der Waals surface area contributed by atoms with Crippen LogP contribution in [0, 0.1) is 6.92 Å². The highest BCUT2D eigenvalue weighted by molar-refractivity contribution is 5.89. The van der Waals surface area contributed by atoms with Crippen LogP contribution in [0.4, 0.5) is 4.79 Å². The zero-order valence-corrected chi connectivity index (χ0v) is 16.6. The number of hydrogen-bond acceptors (Lipinski definition) is 5. The Morgan fingerprint density at radius 1 is 1.33 bits per heavy atom. The summed E-state index contributed by atoms with van der Waals surface area (Å²) in [6.45, 7) is 10.2. The van der Waals surface area contributed by atoms with Gasteiger partial charge >= 0.3 is 12.1 Å². The van der Waals surface area contributed by atoms with Crippen LogP contribution in [0.5, 0.6) is 5.75 Å². The van der Waals surface area contributed by atoms with Gasteiger partial charge in [-0.05, 0) is 64.8 Å². The maximum atomic E-state index is 11.9. The number of likely N-dealkylation sites (tertiary alicyclic amines) is 1. The van der Waals surface area contributed by atoms with Crippen LogP contribution >= 0.6 is 0 Å². The topological polar surface area (TPSA) is 88.1 Å². The predicted molar refractivity (Wildman–Crippen MR) is 102 cm³/mol. The summed E-state index contributed by atoms with van der Waals surface area (Å²) < 4.78 is 11.0. The lowest BCUT2D eigenvalue weighted by Gasteiger charge is -2.33. The predicted octanol–water partition coefficient (Wildman–Crippen LogP) is 3.06. The van der Waals surface area contributed by atoms with Gasteiger partial charge in [0.05, 0.1) is 5.56 Å². The summed E-state index contributed by atoms with van der Waals surface area (Å²) in [6, 6.07) is 5.15. The van der Waals surface area contributed by atoms with Crippen LogP contribution in [-0.4, -0.2) is 60.0 Å². The van der Waals surface area contributed by atoms with Crippen LogP contribution in [0.15, 0.2) is 18.2 Å². The molecule has 1 aliphatic rings. The lowest BCUT2D eigenvalue weighted by Crippen LogP contribution is -2.49. The first-order valence-electron chi connectivity index (χ1n) is 9.32. The Morgan fingerprint density at radius 2 is 2.07 bits per heavy atom. The van der Waals surface area contributed by atoms with Gasteiger partial charge in [-0.1, -0.05) is 6.07 Å². The van der Waals surface area contributed by atoms with Crippen molar-refractivity contribution in [3.63, 3.8) is 0 Å². The second-order valence-corrected chi connectivity index (χ2v) is 7.92. The second-order valence-electron chi connectivity index (χ2n) is 7.92. The highest BCUT2D eigenvalue weighted by Crippen LogP contribution is 2.18. The van der Waals surface area contributed by atoms with Gasteiger partial charge in [0.25, 0.3) is 0 Å². The van der Waals surface area contributed by atoms with Gasteiger partial charge < -0.3 is 19.9 Å². The van der Waals surface area contributed by atoms with Crippen LogP contribution in [0.1, 0.15) is 49.5 Å². The summed E-state index contributed by atoms with van der Waals surface area (Å²) in [5.41, 5.74) is 0.462. The number of hydrogen-bond donors (Lipinski definition) is 2. The number of aromatic carboxylic acids is 1. The number of nitrogens with zero attached hydrogens (tertiary/aromatic N) is 1. The number of alkyl carbamates (subject to hydrolysis) is 1. The zero-order chi connectivity index (χ0) is 20.0. The molecule has 27 heavy (non-hydrogen) atoms. The first kappa shape index (κ1) is 21.0. The third-order valence-electron chi connectivity index (χ3n) is 4.34. The molecule has 1 heterocycles. The fraction of sp³-hybridized carbons (Fsp3) is 0.600. The molecule has 1 aliphatic heterocycles. The van der Waals surface area contributed by atoms with E-state index in [2.05, 4.69) is 10.2 Å². The van der Waals surface area contributed by atoms with E-state index in [1.165, 1.54) is 0 Å². The number of carbonyl (C=O) groups excluding carboxylic acids is 1.